The number of hydrogen-bond donors (Lipinski definition) is 2. The fraction of sp³-hybridized carbons (Fsp3) is 0.714. The predicted octanol–water partition coefficient (Wildman–Crippen LogP) is 1.95. The second kappa shape index (κ2) is 11.2. The highest BCUT2D eigenvalue weighted by Crippen LogP contribution is 2.19. The lowest BCUT2D eigenvalue weighted by molar-refractivity contribution is -0.127. The molecule has 0 unspecified atom stereocenters. The number of amides is 1. The van der Waals surface area contributed by atoms with Gasteiger partial charge < -0.3 is 15.5 Å². The van der Waals surface area contributed by atoms with E-state index in [9.17, 15) is 4.79 Å². The van der Waals surface area contributed by atoms with E-state index in [1.54, 1.807) is 25.9 Å². The number of thioether (sulfide) groups is 1. The van der Waals surface area contributed by atoms with Crippen molar-refractivity contribution in [3.05, 3.63) is 12.2 Å². The molecule has 5 nitrogen and oxygen atoms in total. The van der Waals surface area contributed by atoms with Crippen molar-refractivity contribution in [1.82, 2.24) is 15.5 Å². The Labute approximate surface area is 150 Å². The topological polar surface area (TPSA) is 56.7 Å². The normalized spacial score (nSPS) is 11.4. The molecule has 1 amide bonds. The Bertz CT molecular complexity index is 370. The number of hydrogen-bond acceptors (Lipinski definition) is 3. The number of guanidine groups is 1. The molecule has 0 bridgehead atoms. The molecule has 21 heavy (non-hydrogen) atoms. The maximum atomic E-state index is 11.6. The second-order valence-corrected chi connectivity index (χ2v) is 7.09. The van der Waals surface area contributed by atoms with E-state index in [0.29, 0.717) is 12.5 Å². The van der Waals surface area contributed by atoms with Crippen molar-refractivity contribution in [2.45, 2.75) is 25.5 Å². The van der Waals surface area contributed by atoms with Crippen LogP contribution in [0.3, 0.4) is 0 Å². The Morgan fingerprint density at radius 2 is 1.90 bits per heavy atom. The van der Waals surface area contributed by atoms with Gasteiger partial charge >= 0.3 is 0 Å². The SMILES string of the molecule is C=C(C)CNC(=NCC(=O)N(C)C)NCC(C)(C)SC.I. The number of likely N-dealkylation sites (N-methyl/N-ethyl adjacent to an activating group) is 1. The lowest BCUT2D eigenvalue weighted by Gasteiger charge is -2.24. The lowest BCUT2D eigenvalue weighted by atomic mass is 10.2. The van der Waals surface area contributed by atoms with E-state index in [-0.39, 0.29) is 41.2 Å². The highest BCUT2D eigenvalue weighted by Gasteiger charge is 2.16. The van der Waals surface area contributed by atoms with Gasteiger partial charge in [0.15, 0.2) is 5.96 Å². The highest BCUT2D eigenvalue weighted by atomic mass is 127. The summed E-state index contributed by atoms with van der Waals surface area (Å²) in [6.45, 7) is 11.7. The Morgan fingerprint density at radius 3 is 2.33 bits per heavy atom. The first-order valence-electron chi connectivity index (χ1n) is 6.60. The van der Waals surface area contributed by atoms with Crippen LogP contribution in [0.4, 0.5) is 0 Å². The van der Waals surface area contributed by atoms with Crippen molar-refractivity contribution >= 4 is 47.6 Å². The third-order valence-corrected chi connectivity index (χ3v) is 3.91. The first kappa shape index (κ1) is 22.8. The molecule has 0 heterocycles. The molecule has 0 rings (SSSR count). The molecule has 0 saturated heterocycles. The number of carbonyl (C=O) groups excluding carboxylic acids is 1. The van der Waals surface area contributed by atoms with Crippen molar-refractivity contribution in [1.29, 1.82) is 0 Å². The van der Waals surface area contributed by atoms with E-state index < -0.39 is 0 Å². The van der Waals surface area contributed by atoms with E-state index in [4.69, 9.17) is 0 Å². The number of halogens is 1. The molecule has 0 fully saturated rings. The summed E-state index contributed by atoms with van der Waals surface area (Å²) in [7, 11) is 3.45. The van der Waals surface area contributed by atoms with Gasteiger partial charge in [-0.25, -0.2) is 4.99 Å². The van der Waals surface area contributed by atoms with Crippen LogP contribution in [0.25, 0.3) is 0 Å². The molecule has 0 atom stereocenters. The van der Waals surface area contributed by atoms with E-state index in [1.165, 1.54) is 4.90 Å². The zero-order valence-electron chi connectivity index (χ0n) is 13.9. The van der Waals surface area contributed by atoms with Crippen molar-refractivity contribution in [2.24, 2.45) is 4.99 Å². The molecule has 0 aliphatic carbocycles. The zero-order chi connectivity index (χ0) is 15.8. The van der Waals surface area contributed by atoms with E-state index in [0.717, 1.165) is 12.1 Å². The summed E-state index contributed by atoms with van der Waals surface area (Å²) in [6, 6.07) is 0. The van der Waals surface area contributed by atoms with Crippen molar-refractivity contribution in [3.63, 3.8) is 0 Å². The smallest absolute Gasteiger partial charge is 0.243 e. The van der Waals surface area contributed by atoms with Gasteiger partial charge in [-0.05, 0) is 27.0 Å². The van der Waals surface area contributed by atoms with E-state index in [1.807, 2.05) is 6.92 Å². The van der Waals surface area contributed by atoms with Gasteiger partial charge in [-0.15, -0.1) is 24.0 Å². The molecular weight excluding hydrogens is 399 g/mol. The van der Waals surface area contributed by atoms with Crippen LogP contribution in [0.15, 0.2) is 17.1 Å². The number of nitrogens with one attached hydrogen (secondary N) is 2. The fourth-order valence-electron chi connectivity index (χ4n) is 1.07. The zero-order valence-corrected chi connectivity index (χ0v) is 17.1. The van der Waals surface area contributed by atoms with Crippen LogP contribution in [0.5, 0.6) is 0 Å². The molecule has 0 aromatic rings. The first-order chi connectivity index (χ1) is 9.18. The minimum Gasteiger partial charge on any atom is -0.355 e. The molecule has 124 valence electrons. The number of nitrogens with zero attached hydrogens (tertiary/aromatic N) is 2. The minimum absolute atomic E-state index is 0. The average molecular weight is 428 g/mol. The highest BCUT2D eigenvalue weighted by molar-refractivity contribution is 14.0. The molecule has 0 aliphatic heterocycles. The van der Waals surface area contributed by atoms with Crippen molar-refractivity contribution in [2.75, 3.05) is 40.0 Å². The molecule has 0 spiro atoms. The quantitative estimate of drug-likeness (QED) is 0.282. The van der Waals surface area contributed by atoms with E-state index >= 15 is 0 Å². The van der Waals surface area contributed by atoms with Crippen LogP contribution in [0.2, 0.25) is 0 Å². The van der Waals surface area contributed by atoms with Crippen molar-refractivity contribution in [3.8, 4) is 0 Å². The maximum absolute atomic E-state index is 11.6. The van der Waals surface area contributed by atoms with Gasteiger partial charge in [0.05, 0.1) is 0 Å². The minimum atomic E-state index is -0.0226. The van der Waals surface area contributed by atoms with Gasteiger partial charge in [-0.3, -0.25) is 4.79 Å². The second-order valence-electron chi connectivity index (χ2n) is 5.58. The monoisotopic (exact) mass is 428 g/mol. The molecule has 7 heteroatoms. The summed E-state index contributed by atoms with van der Waals surface area (Å²) >= 11 is 1.78. The summed E-state index contributed by atoms with van der Waals surface area (Å²) < 4.78 is 0.108. The van der Waals surface area contributed by atoms with Gasteiger partial charge in [-0.2, -0.15) is 11.8 Å². The lowest BCUT2D eigenvalue weighted by Crippen LogP contribution is -2.44. The van der Waals surface area contributed by atoms with Gasteiger partial charge in [0.2, 0.25) is 5.91 Å². The summed E-state index contributed by atoms with van der Waals surface area (Å²) in [5, 5.41) is 6.44. The van der Waals surface area contributed by atoms with Crippen LogP contribution < -0.4 is 10.6 Å². The number of aliphatic imine (C=N–C) groups is 1. The van der Waals surface area contributed by atoms with Gasteiger partial charge in [-0.1, -0.05) is 12.2 Å². The van der Waals surface area contributed by atoms with Crippen LogP contribution in [-0.4, -0.2) is 61.5 Å². The number of carbonyl (C=O) groups is 1. The standard InChI is InChI=1S/C14H28N4OS.HI/c1-11(2)8-15-13(16-9-12(19)18(5)6)17-10-14(3,4)20-7;/h1,8-10H2,2-7H3,(H2,15,16,17);1H. The number of rotatable bonds is 7. The van der Waals surface area contributed by atoms with Crippen LogP contribution in [0, 0.1) is 0 Å². The third kappa shape index (κ3) is 11.9. The summed E-state index contributed by atoms with van der Waals surface area (Å²) in [6.07, 6.45) is 2.08. The summed E-state index contributed by atoms with van der Waals surface area (Å²) in [5.74, 6) is 0.621. The Morgan fingerprint density at radius 1 is 1.33 bits per heavy atom. The average Bonchev–Trinajstić information content (AvgIpc) is 2.37. The Kier molecular flexibility index (Phi) is 12.1. The molecular formula is C14H29IN4OS. The Balaban J connectivity index is 0. The fourth-order valence-corrected chi connectivity index (χ4v) is 1.28. The summed E-state index contributed by atoms with van der Waals surface area (Å²) in [4.78, 5) is 17.4. The van der Waals surface area contributed by atoms with Gasteiger partial charge in [0, 0.05) is 31.9 Å². The third-order valence-electron chi connectivity index (χ3n) is 2.66. The van der Waals surface area contributed by atoms with Crippen molar-refractivity contribution < 1.29 is 4.79 Å². The Hall–Kier alpha value is -0.440. The largest absolute Gasteiger partial charge is 0.355 e. The molecule has 2 N–H and O–H groups in total. The van der Waals surface area contributed by atoms with Gasteiger partial charge in [0.1, 0.15) is 6.54 Å². The van der Waals surface area contributed by atoms with Crippen LogP contribution >= 0.6 is 35.7 Å². The summed E-state index contributed by atoms with van der Waals surface area (Å²) in [5.41, 5.74) is 1.02. The van der Waals surface area contributed by atoms with E-state index in [2.05, 4.69) is 42.3 Å². The van der Waals surface area contributed by atoms with Crippen LogP contribution in [0.1, 0.15) is 20.8 Å². The molecule has 0 radical (unpaired) electrons. The maximum Gasteiger partial charge on any atom is 0.243 e. The first-order valence-corrected chi connectivity index (χ1v) is 7.82. The molecule has 0 aromatic heterocycles. The molecule has 0 aromatic carbocycles. The predicted molar refractivity (Wildman–Crippen MR) is 105 cm³/mol. The van der Waals surface area contributed by atoms with Crippen LogP contribution in [-0.2, 0) is 4.79 Å². The molecule has 0 saturated carbocycles. The molecule has 0 aliphatic rings. The van der Waals surface area contributed by atoms with Gasteiger partial charge in [0.25, 0.3) is 0 Å².